The Kier molecular flexibility index (Phi) is 14.5. The van der Waals surface area contributed by atoms with Crippen LogP contribution in [0.4, 0.5) is 0 Å². The highest BCUT2D eigenvalue weighted by atomic mass is 32.2. The maximum atomic E-state index is 12.1. The third kappa shape index (κ3) is 9.87. The topological polar surface area (TPSA) is 44.8 Å². The standard InChI is InChI=1S/C17H36O4SSi/c1-6-7-8-9-10-11-12-13-14-15-17(18)22-16(2)23(19-3,20-4)21-5/h16H,6-15H2,1-5H3. The van der Waals surface area contributed by atoms with Crippen LogP contribution in [0.2, 0.25) is 0 Å². The van der Waals surface area contributed by atoms with Crippen LogP contribution in [-0.4, -0.2) is 40.1 Å². The van der Waals surface area contributed by atoms with Crippen LogP contribution in [0.15, 0.2) is 0 Å². The first-order chi connectivity index (χ1) is 11.1. The number of carbonyl (C=O) groups excluding carboxylic acids is 1. The van der Waals surface area contributed by atoms with Gasteiger partial charge >= 0.3 is 8.80 Å². The lowest BCUT2D eigenvalue weighted by Crippen LogP contribution is -2.52. The molecule has 0 aromatic heterocycles. The molecule has 0 bridgehead atoms. The molecule has 4 nitrogen and oxygen atoms in total. The van der Waals surface area contributed by atoms with E-state index in [1.165, 1.54) is 56.7 Å². The summed E-state index contributed by atoms with van der Waals surface area (Å²) in [4.78, 5) is 12.0. The third-order valence-corrected chi connectivity index (χ3v) is 8.89. The van der Waals surface area contributed by atoms with E-state index in [9.17, 15) is 4.79 Å². The fourth-order valence-electron chi connectivity index (χ4n) is 2.66. The number of carbonyl (C=O) groups is 1. The molecule has 0 saturated carbocycles. The van der Waals surface area contributed by atoms with Crippen molar-refractivity contribution in [2.24, 2.45) is 0 Å². The van der Waals surface area contributed by atoms with Gasteiger partial charge in [0.1, 0.15) is 0 Å². The minimum atomic E-state index is -2.72. The van der Waals surface area contributed by atoms with E-state index in [0.29, 0.717) is 6.42 Å². The van der Waals surface area contributed by atoms with Crippen LogP contribution < -0.4 is 0 Å². The summed E-state index contributed by atoms with van der Waals surface area (Å²) in [6.07, 6.45) is 12.0. The molecule has 0 amide bonds. The molecule has 0 aromatic carbocycles. The lowest BCUT2D eigenvalue weighted by Gasteiger charge is -2.29. The predicted octanol–water partition coefficient (Wildman–Crippen LogP) is 4.97. The normalized spacial score (nSPS) is 13.3. The van der Waals surface area contributed by atoms with E-state index < -0.39 is 8.80 Å². The minimum absolute atomic E-state index is 0.0754. The average molecular weight is 365 g/mol. The Bertz CT molecular complexity index is 290. The van der Waals surface area contributed by atoms with Gasteiger partial charge in [-0.25, -0.2) is 0 Å². The molecule has 23 heavy (non-hydrogen) atoms. The van der Waals surface area contributed by atoms with Gasteiger partial charge in [0.05, 0.1) is 4.87 Å². The highest BCUT2D eigenvalue weighted by Gasteiger charge is 2.46. The average Bonchev–Trinajstić information content (AvgIpc) is 2.55. The van der Waals surface area contributed by atoms with Gasteiger partial charge < -0.3 is 13.3 Å². The van der Waals surface area contributed by atoms with Crippen LogP contribution >= 0.6 is 11.8 Å². The van der Waals surface area contributed by atoms with E-state index in [2.05, 4.69) is 6.92 Å². The number of rotatable bonds is 15. The van der Waals surface area contributed by atoms with Gasteiger partial charge in [-0.1, -0.05) is 70.1 Å². The molecule has 0 heterocycles. The summed E-state index contributed by atoms with van der Waals surface area (Å²) in [6, 6.07) is 0. The summed E-state index contributed by atoms with van der Waals surface area (Å²) in [5.74, 6) is 0. The van der Waals surface area contributed by atoms with Gasteiger partial charge in [0.25, 0.3) is 0 Å². The van der Waals surface area contributed by atoms with Crippen molar-refractivity contribution in [3.63, 3.8) is 0 Å². The van der Waals surface area contributed by atoms with Crippen LogP contribution in [0, 0.1) is 0 Å². The van der Waals surface area contributed by atoms with Crippen LogP contribution in [0.5, 0.6) is 0 Å². The lowest BCUT2D eigenvalue weighted by atomic mass is 10.1. The first-order valence-corrected chi connectivity index (χ1v) is 11.6. The van der Waals surface area contributed by atoms with E-state index in [0.717, 1.165) is 12.8 Å². The van der Waals surface area contributed by atoms with Gasteiger partial charge in [0.15, 0.2) is 5.12 Å². The first-order valence-electron chi connectivity index (χ1n) is 8.91. The van der Waals surface area contributed by atoms with Crippen LogP contribution in [0.1, 0.15) is 78.1 Å². The van der Waals surface area contributed by atoms with Gasteiger partial charge in [-0.05, 0) is 13.3 Å². The summed E-state index contributed by atoms with van der Waals surface area (Å²) in [5, 5.41) is 0.212. The van der Waals surface area contributed by atoms with Gasteiger partial charge in [-0.3, -0.25) is 4.79 Å². The summed E-state index contributed by atoms with van der Waals surface area (Å²) < 4.78 is 16.3. The summed E-state index contributed by atoms with van der Waals surface area (Å²) >= 11 is 1.31. The number of thioether (sulfide) groups is 1. The highest BCUT2D eigenvalue weighted by molar-refractivity contribution is 8.15. The second-order valence-corrected chi connectivity index (χ2v) is 11.0. The van der Waals surface area contributed by atoms with E-state index in [4.69, 9.17) is 13.3 Å². The number of hydrogen-bond acceptors (Lipinski definition) is 5. The van der Waals surface area contributed by atoms with Crippen molar-refractivity contribution in [2.75, 3.05) is 21.3 Å². The van der Waals surface area contributed by atoms with Crippen molar-refractivity contribution in [1.82, 2.24) is 0 Å². The SMILES string of the molecule is CCCCCCCCCCCC(=O)SC(C)[Si](OC)(OC)OC. The van der Waals surface area contributed by atoms with E-state index >= 15 is 0 Å². The van der Waals surface area contributed by atoms with Gasteiger partial charge in [-0.15, -0.1) is 0 Å². The molecule has 0 aliphatic heterocycles. The molecule has 6 heteroatoms. The van der Waals surface area contributed by atoms with Crippen LogP contribution in [0.3, 0.4) is 0 Å². The molecular formula is C17H36O4SSi. The zero-order valence-electron chi connectivity index (χ0n) is 15.7. The Morgan fingerprint density at radius 3 is 1.74 bits per heavy atom. The Balaban J connectivity index is 3.75. The predicted molar refractivity (Wildman–Crippen MR) is 101 cm³/mol. The van der Waals surface area contributed by atoms with Crippen molar-refractivity contribution < 1.29 is 18.1 Å². The molecule has 0 radical (unpaired) electrons. The number of hydrogen-bond donors (Lipinski definition) is 0. The molecule has 1 unspecified atom stereocenters. The fraction of sp³-hybridized carbons (Fsp3) is 0.941. The molecule has 0 rings (SSSR count). The van der Waals surface area contributed by atoms with Gasteiger partial charge in [0, 0.05) is 27.8 Å². The summed E-state index contributed by atoms with van der Waals surface area (Å²) in [7, 11) is 2.04. The molecule has 138 valence electrons. The minimum Gasteiger partial charge on any atom is -0.376 e. The van der Waals surface area contributed by atoms with Crippen molar-refractivity contribution in [1.29, 1.82) is 0 Å². The molecule has 0 fully saturated rings. The lowest BCUT2D eigenvalue weighted by molar-refractivity contribution is -0.111. The van der Waals surface area contributed by atoms with Crippen LogP contribution in [-0.2, 0) is 18.1 Å². The van der Waals surface area contributed by atoms with Gasteiger partial charge in [-0.2, -0.15) is 0 Å². The maximum absolute atomic E-state index is 12.1. The van der Waals surface area contributed by atoms with Crippen LogP contribution in [0.25, 0.3) is 0 Å². The molecule has 0 saturated heterocycles. The van der Waals surface area contributed by atoms with E-state index in [1.807, 2.05) is 6.92 Å². The second kappa shape index (κ2) is 14.5. The van der Waals surface area contributed by atoms with Crippen molar-refractivity contribution in [3.05, 3.63) is 0 Å². The highest BCUT2D eigenvalue weighted by Crippen LogP contribution is 2.26. The first kappa shape index (κ1) is 23.1. The Labute approximate surface area is 148 Å². The van der Waals surface area contributed by atoms with Crippen molar-refractivity contribution in [2.45, 2.75) is 82.9 Å². The Morgan fingerprint density at radius 2 is 1.30 bits per heavy atom. The quantitative estimate of drug-likeness (QED) is 0.303. The molecule has 0 spiro atoms. The van der Waals surface area contributed by atoms with Crippen molar-refractivity contribution in [3.8, 4) is 0 Å². The zero-order valence-corrected chi connectivity index (χ0v) is 17.5. The fourth-order valence-corrected chi connectivity index (χ4v) is 6.65. The Morgan fingerprint density at radius 1 is 0.870 bits per heavy atom. The zero-order chi connectivity index (χ0) is 17.6. The second-order valence-electron chi connectivity index (χ2n) is 5.93. The number of unbranched alkanes of at least 4 members (excludes halogenated alkanes) is 8. The van der Waals surface area contributed by atoms with Gasteiger partial charge in [0.2, 0.25) is 0 Å². The van der Waals surface area contributed by atoms with Crippen molar-refractivity contribution >= 4 is 25.7 Å². The Hall–Kier alpha value is 0.117. The molecule has 0 N–H and O–H groups in total. The van der Waals surface area contributed by atoms with E-state index in [1.54, 1.807) is 21.3 Å². The van der Waals surface area contributed by atoms with E-state index in [-0.39, 0.29) is 9.99 Å². The molecule has 0 aliphatic rings. The monoisotopic (exact) mass is 364 g/mol. The largest absolute Gasteiger partial charge is 0.514 e. The molecular weight excluding hydrogens is 328 g/mol. The third-order valence-electron chi connectivity index (χ3n) is 4.14. The summed E-state index contributed by atoms with van der Waals surface area (Å²) in [5.41, 5.74) is 0. The molecule has 0 aromatic rings. The smallest absolute Gasteiger partial charge is 0.376 e. The molecule has 1 atom stereocenters. The molecule has 0 aliphatic carbocycles. The summed E-state index contributed by atoms with van der Waals surface area (Å²) in [6.45, 7) is 4.19. The maximum Gasteiger partial charge on any atom is 0.514 e.